The van der Waals surface area contributed by atoms with Crippen molar-refractivity contribution in [3.63, 3.8) is 0 Å². The molecule has 0 unspecified atom stereocenters. The lowest BCUT2D eigenvalue weighted by molar-refractivity contribution is -0.149. The van der Waals surface area contributed by atoms with Gasteiger partial charge in [-0.1, -0.05) is 38.0 Å². The van der Waals surface area contributed by atoms with Crippen LogP contribution in [-0.2, 0) is 19.1 Å². The zero-order valence-corrected chi connectivity index (χ0v) is 15.8. The first kappa shape index (κ1) is 19.9. The second-order valence-corrected chi connectivity index (χ2v) is 7.16. The van der Waals surface area contributed by atoms with Crippen molar-refractivity contribution in [1.82, 2.24) is 10.2 Å². The van der Waals surface area contributed by atoms with Crippen LogP contribution in [0.5, 0.6) is 0 Å². The molecule has 1 saturated carbocycles. The summed E-state index contributed by atoms with van der Waals surface area (Å²) in [6.45, 7) is 1.23. The van der Waals surface area contributed by atoms with Gasteiger partial charge in [0.1, 0.15) is 25.3 Å². The maximum Gasteiger partial charge on any atom is 0.338 e. The van der Waals surface area contributed by atoms with Gasteiger partial charge in [-0.3, -0.25) is 14.5 Å². The molecule has 1 aliphatic heterocycles. The number of esters is 2. The van der Waals surface area contributed by atoms with E-state index in [4.69, 9.17) is 9.47 Å². The Morgan fingerprint density at radius 3 is 2.57 bits per heavy atom. The number of imide groups is 1. The third-order valence-electron chi connectivity index (χ3n) is 5.38. The van der Waals surface area contributed by atoms with E-state index in [1.165, 1.54) is 0 Å². The number of hydrogen-bond acceptors (Lipinski definition) is 6. The van der Waals surface area contributed by atoms with Crippen LogP contribution in [0.15, 0.2) is 30.3 Å². The zero-order valence-electron chi connectivity index (χ0n) is 15.8. The van der Waals surface area contributed by atoms with Crippen molar-refractivity contribution in [3.8, 4) is 0 Å². The van der Waals surface area contributed by atoms with Crippen LogP contribution >= 0.6 is 0 Å². The van der Waals surface area contributed by atoms with Gasteiger partial charge in [-0.2, -0.15) is 0 Å². The Labute approximate surface area is 163 Å². The van der Waals surface area contributed by atoms with Crippen LogP contribution in [0.2, 0.25) is 0 Å². The van der Waals surface area contributed by atoms with Gasteiger partial charge in [-0.05, 0) is 30.9 Å². The number of nitrogens with one attached hydrogen (secondary N) is 1. The third kappa shape index (κ3) is 4.00. The Morgan fingerprint density at radius 1 is 1.14 bits per heavy atom. The number of urea groups is 1. The molecule has 1 aromatic rings. The van der Waals surface area contributed by atoms with Gasteiger partial charge < -0.3 is 14.8 Å². The summed E-state index contributed by atoms with van der Waals surface area (Å²) in [6.07, 6.45) is 3.33. The number of nitrogens with zero attached hydrogens (tertiary/aromatic N) is 1. The SMILES string of the molecule is C[C@@H]1CCCC[C@]12NC(=O)N(CC(=O)OCCOC(=O)c1ccccc1)C2=O. The molecule has 2 aliphatic rings. The van der Waals surface area contributed by atoms with Crippen LogP contribution < -0.4 is 5.32 Å². The van der Waals surface area contributed by atoms with Crippen LogP contribution in [0.25, 0.3) is 0 Å². The predicted octanol–water partition coefficient (Wildman–Crippen LogP) is 1.89. The molecule has 1 aliphatic carbocycles. The molecule has 1 N–H and O–H groups in total. The molecule has 8 heteroatoms. The minimum Gasteiger partial charge on any atom is -0.461 e. The van der Waals surface area contributed by atoms with Crippen molar-refractivity contribution in [2.75, 3.05) is 19.8 Å². The molecular weight excluding hydrogens is 364 g/mol. The molecule has 1 aromatic carbocycles. The molecule has 3 amide bonds. The Bertz CT molecular complexity index is 765. The number of benzene rings is 1. The van der Waals surface area contributed by atoms with Gasteiger partial charge in [0.15, 0.2) is 0 Å². The molecule has 1 heterocycles. The van der Waals surface area contributed by atoms with E-state index < -0.39 is 30.1 Å². The first-order chi connectivity index (χ1) is 13.4. The van der Waals surface area contributed by atoms with Gasteiger partial charge in [0.25, 0.3) is 5.91 Å². The first-order valence-electron chi connectivity index (χ1n) is 9.46. The van der Waals surface area contributed by atoms with E-state index in [1.807, 2.05) is 6.92 Å². The van der Waals surface area contributed by atoms with Crippen LogP contribution in [-0.4, -0.2) is 54.1 Å². The molecule has 28 heavy (non-hydrogen) atoms. The molecule has 8 nitrogen and oxygen atoms in total. The lowest BCUT2D eigenvalue weighted by Crippen LogP contribution is -2.54. The molecule has 1 spiro atoms. The van der Waals surface area contributed by atoms with Gasteiger partial charge in [-0.15, -0.1) is 0 Å². The number of carbonyl (C=O) groups excluding carboxylic acids is 4. The van der Waals surface area contributed by atoms with E-state index in [0.717, 1.165) is 24.2 Å². The molecule has 1 saturated heterocycles. The summed E-state index contributed by atoms with van der Waals surface area (Å²) in [6, 6.07) is 7.89. The highest BCUT2D eigenvalue weighted by Crippen LogP contribution is 2.38. The molecule has 0 radical (unpaired) electrons. The second-order valence-electron chi connectivity index (χ2n) is 7.16. The zero-order chi connectivity index (χ0) is 20.1. The monoisotopic (exact) mass is 388 g/mol. The number of rotatable bonds is 6. The third-order valence-corrected chi connectivity index (χ3v) is 5.38. The average molecular weight is 388 g/mol. The van der Waals surface area contributed by atoms with E-state index in [1.54, 1.807) is 30.3 Å². The molecule has 3 rings (SSSR count). The Kier molecular flexibility index (Phi) is 5.96. The van der Waals surface area contributed by atoms with E-state index in [0.29, 0.717) is 12.0 Å². The summed E-state index contributed by atoms with van der Waals surface area (Å²) in [5.41, 5.74) is -0.499. The lowest BCUT2D eigenvalue weighted by atomic mass is 9.73. The highest BCUT2D eigenvalue weighted by Gasteiger charge is 2.55. The van der Waals surface area contributed by atoms with Crippen molar-refractivity contribution < 1.29 is 28.7 Å². The average Bonchev–Trinajstić information content (AvgIpc) is 2.93. The molecule has 0 aromatic heterocycles. The standard InChI is InChI=1S/C20H24N2O6/c1-14-7-5-6-10-20(14)18(25)22(19(26)21-20)13-16(23)27-11-12-28-17(24)15-8-3-2-4-9-15/h2-4,8-9,14H,5-7,10-13H2,1H3,(H,21,26)/t14-,20+/m1/s1. The van der Waals surface area contributed by atoms with Gasteiger partial charge in [0.2, 0.25) is 0 Å². The minimum atomic E-state index is -0.902. The molecule has 0 bridgehead atoms. The molecule has 2 atom stereocenters. The molecule has 150 valence electrons. The van der Waals surface area contributed by atoms with Gasteiger partial charge >= 0.3 is 18.0 Å². The van der Waals surface area contributed by atoms with Gasteiger partial charge in [-0.25, -0.2) is 9.59 Å². The number of ether oxygens (including phenoxy) is 2. The van der Waals surface area contributed by atoms with Gasteiger partial charge in [0, 0.05) is 0 Å². The van der Waals surface area contributed by atoms with E-state index in [9.17, 15) is 19.2 Å². The number of amides is 3. The summed E-state index contributed by atoms with van der Waals surface area (Å²) < 4.78 is 10.0. The highest BCUT2D eigenvalue weighted by molar-refractivity contribution is 6.09. The first-order valence-corrected chi connectivity index (χ1v) is 9.46. The van der Waals surface area contributed by atoms with Crippen molar-refractivity contribution in [1.29, 1.82) is 0 Å². The lowest BCUT2D eigenvalue weighted by Gasteiger charge is -2.36. The summed E-state index contributed by atoms with van der Waals surface area (Å²) in [5, 5.41) is 2.78. The van der Waals surface area contributed by atoms with Crippen molar-refractivity contribution in [3.05, 3.63) is 35.9 Å². The van der Waals surface area contributed by atoms with Crippen LogP contribution in [0.1, 0.15) is 43.0 Å². The van der Waals surface area contributed by atoms with Crippen LogP contribution in [0, 0.1) is 5.92 Å². The fraction of sp³-hybridized carbons (Fsp3) is 0.500. The quantitative estimate of drug-likeness (QED) is 0.454. The fourth-order valence-electron chi connectivity index (χ4n) is 3.76. The topological polar surface area (TPSA) is 102 Å². The maximum atomic E-state index is 12.8. The number of carbonyl (C=O) groups is 4. The van der Waals surface area contributed by atoms with E-state index >= 15 is 0 Å². The summed E-state index contributed by atoms with van der Waals surface area (Å²) in [4.78, 5) is 49.7. The van der Waals surface area contributed by atoms with E-state index in [-0.39, 0.29) is 25.0 Å². The van der Waals surface area contributed by atoms with Crippen LogP contribution in [0.4, 0.5) is 4.79 Å². The fourth-order valence-corrected chi connectivity index (χ4v) is 3.76. The normalized spacial score (nSPS) is 24.2. The highest BCUT2D eigenvalue weighted by atomic mass is 16.6. The van der Waals surface area contributed by atoms with E-state index in [2.05, 4.69) is 5.32 Å². The Morgan fingerprint density at radius 2 is 1.86 bits per heavy atom. The smallest absolute Gasteiger partial charge is 0.338 e. The Hall–Kier alpha value is -2.90. The summed E-state index contributed by atoms with van der Waals surface area (Å²) >= 11 is 0. The van der Waals surface area contributed by atoms with Crippen LogP contribution in [0.3, 0.4) is 0 Å². The van der Waals surface area contributed by atoms with Crippen molar-refractivity contribution >= 4 is 23.9 Å². The second kappa shape index (κ2) is 8.41. The Balaban J connectivity index is 1.45. The van der Waals surface area contributed by atoms with Crippen molar-refractivity contribution in [2.24, 2.45) is 5.92 Å². The van der Waals surface area contributed by atoms with Crippen molar-refractivity contribution in [2.45, 2.75) is 38.1 Å². The van der Waals surface area contributed by atoms with Gasteiger partial charge in [0.05, 0.1) is 5.56 Å². The molecular formula is C20H24N2O6. The maximum absolute atomic E-state index is 12.8. The summed E-state index contributed by atoms with van der Waals surface area (Å²) in [7, 11) is 0. The molecule has 2 fully saturated rings. The summed E-state index contributed by atoms with van der Waals surface area (Å²) in [5.74, 6) is -1.58. The number of hydrogen-bond donors (Lipinski definition) is 1. The largest absolute Gasteiger partial charge is 0.461 e. The predicted molar refractivity (Wildman–Crippen MR) is 98.3 cm³/mol. The minimum absolute atomic E-state index is 0.0242.